The molecular formula is C21H17N3O2S. The third kappa shape index (κ3) is 3.15. The summed E-state index contributed by atoms with van der Waals surface area (Å²) in [5, 5.41) is 13.6. The lowest BCUT2D eigenvalue weighted by molar-refractivity contribution is 0.0698. The van der Waals surface area contributed by atoms with Gasteiger partial charge in [-0.05, 0) is 31.5 Å². The first-order valence-electron chi connectivity index (χ1n) is 8.45. The third-order valence-corrected chi connectivity index (χ3v) is 5.43. The van der Waals surface area contributed by atoms with Crippen LogP contribution in [0.4, 0.5) is 11.5 Å². The van der Waals surface area contributed by atoms with Crippen molar-refractivity contribution in [1.29, 1.82) is 0 Å². The Hall–Kier alpha value is -3.25. The van der Waals surface area contributed by atoms with Crippen molar-refractivity contribution in [2.24, 2.45) is 0 Å². The van der Waals surface area contributed by atoms with Gasteiger partial charge in [0.1, 0.15) is 17.0 Å². The average molecular weight is 375 g/mol. The minimum absolute atomic E-state index is 0.202. The zero-order valence-electron chi connectivity index (χ0n) is 14.9. The van der Waals surface area contributed by atoms with E-state index in [0.29, 0.717) is 11.5 Å². The van der Waals surface area contributed by atoms with Crippen LogP contribution in [0.3, 0.4) is 0 Å². The van der Waals surface area contributed by atoms with Crippen molar-refractivity contribution >= 4 is 39.0 Å². The number of carboxylic acid groups (broad SMARTS) is 1. The van der Waals surface area contributed by atoms with Crippen molar-refractivity contribution in [3.8, 4) is 11.1 Å². The Kier molecular flexibility index (Phi) is 4.33. The van der Waals surface area contributed by atoms with E-state index in [0.717, 1.165) is 26.2 Å². The number of hydrogen-bond acceptors (Lipinski definition) is 5. The maximum absolute atomic E-state index is 11.5. The Balaban J connectivity index is 1.90. The predicted molar refractivity (Wildman–Crippen MR) is 109 cm³/mol. The van der Waals surface area contributed by atoms with Gasteiger partial charge in [0.15, 0.2) is 0 Å². The maximum atomic E-state index is 11.5. The van der Waals surface area contributed by atoms with Gasteiger partial charge in [0.25, 0.3) is 0 Å². The van der Waals surface area contributed by atoms with Crippen molar-refractivity contribution in [3.05, 3.63) is 70.9 Å². The van der Waals surface area contributed by atoms with Crippen LogP contribution in [0, 0.1) is 13.8 Å². The highest BCUT2D eigenvalue weighted by Gasteiger charge is 2.18. The van der Waals surface area contributed by atoms with E-state index in [1.807, 2.05) is 0 Å². The summed E-state index contributed by atoms with van der Waals surface area (Å²) in [5.74, 6) is -0.378. The summed E-state index contributed by atoms with van der Waals surface area (Å²) in [7, 11) is 0. The monoisotopic (exact) mass is 375 g/mol. The third-order valence-electron chi connectivity index (χ3n) is 4.42. The highest BCUT2D eigenvalue weighted by molar-refractivity contribution is 7.19. The largest absolute Gasteiger partial charge is 0.478 e. The number of benzene rings is 2. The highest BCUT2D eigenvalue weighted by atomic mass is 32.1. The van der Waals surface area contributed by atoms with Gasteiger partial charge in [-0.25, -0.2) is 14.8 Å². The molecule has 0 spiro atoms. The van der Waals surface area contributed by atoms with Crippen LogP contribution in [0.5, 0.6) is 0 Å². The van der Waals surface area contributed by atoms with Gasteiger partial charge in [0.2, 0.25) is 0 Å². The second-order valence-corrected chi connectivity index (χ2v) is 7.48. The van der Waals surface area contributed by atoms with Crippen molar-refractivity contribution in [3.63, 3.8) is 0 Å². The zero-order valence-corrected chi connectivity index (χ0v) is 15.7. The van der Waals surface area contributed by atoms with Gasteiger partial charge in [0, 0.05) is 10.4 Å². The molecule has 0 fully saturated rings. The fourth-order valence-electron chi connectivity index (χ4n) is 3.11. The van der Waals surface area contributed by atoms with Crippen molar-refractivity contribution in [2.75, 3.05) is 5.32 Å². The Morgan fingerprint density at radius 3 is 2.52 bits per heavy atom. The molecule has 0 aliphatic carbocycles. The molecule has 2 aromatic heterocycles. The van der Waals surface area contributed by atoms with Crippen LogP contribution >= 0.6 is 11.3 Å². The number of nitrogens with zero attached hydrogens (tertiary/aromatic N) is 2. The molecule has 2 N–H and O–H groups in total. The lowest BCUT2D eigenvalue weighted by Crippen LogP contribution is -2.03. The van der Waals surface area contributed by atoms with Gasteiger partial charge in [-0.15, -0.1) is 11.3 Å². The molecule has 6 heteroatoms. The Morgan fingerprint density at radius 2 is 1.78 bits per heavy atom. The minimum atomic E-state index is -0.983. The second-order valence-electron chi connectivity index (χ2n) is 6.28. The topological polar surface area (TPSA) is 75.1 Å². The maximum Gasteiger partial charge on any atom is 0.337 e. The fourth-order valence-corrected chi connectivity index (χ4v) is 4.13. The van der Waals surface area contributed by atoms with Crippen LogP contribution < -0.4 is 5.32 Å². The Labute approximate surface area is 160 Å². The lowest BCUT2D eigenvalue weighted by Gasteiger charge is -2.11. The fraction of sp³-hybridized carbons (Fsp3) is 0.0952. The number of aromatic carboxylic acids is 1. The van der Waals surface area contributed by atoms with Gasteiger partial charge >= 0.3 is 5.97 Å². The number of carboxylic acids is 1. The summed E-state index contributed by atoms with van der Waals surface area (Å²) in [6.07, 6.45) is 1.50. The molecule has 5 nitrogen and oxygen atoms in total. The van der Waals surface area contributed by atoms with Crippen LogP contribution in [-0.2, 0) is 0 Å². The molecule has 27 heavy (non-hydrogen) atoms. The number of hydrogen-bond donors (Lipinski definition) is 2. The molecule has 0 radical (unpaired) electrons. The number of fused-ring (bicyclic) bond motifs is 1. The van der Waals surface area contributed by atoms with Gasteiger partial charge in [0.05, 0.1) is 16.6 Å². The van der Waals surface area contributed by atoms with E-state index in [1.165, 1.54) is 11.9 Å². The molecule has 0 aliphatic heterocycles. The van der Waals surface area contributed by atoms with E-state index in [4.69, 9.17) is 0 Å². The Morgan fingerprint density at radius 1 is 1.04 bits per heavy atom. The number of rotatable bonds is 4. The SMILES string of the molecule is Cc1ccc(-c2c(C)sc3ncnc(Nc4ccccc4C(=O)O)c23)cc1. The van der Waals surface area contributed by atoms with Gasteiger partial charge in [-0.2, -0.15) is 0 Å². The first kappa shape index (κ1) is 17.2. The molecule has 0 atom stereocenters. The molecule has 4 aromatic rings. The molecular weight excluding hydrogens is 358 g/mol. The van der Waals surface area contributed by atoms with Crippen molar-refractivity contribution in [1.82, 2.24) is 9.97 Å². The van der Waals surface area contributed by atoms with Gasteiger partial charge in [-0.1, -0.05) is 42.0 Å². The number of para-hydroxylation sites is 1. The first-order valence-corrected chi connectivity index (χ1v) is 9.26. The van der Waals surface area contributed by atoms with Crippen LogP contribution in [0.2, 0.25) is 0 Å². The zero-order chi connectivity index (χ0) is 19.0. The summed E-state index contributed by atoms with van der Waals surface area (Å²) in [5.41, 5.74) is 4.07. The molecule has 134 valence electrons. The molecule has 0 aliphatic rings. The summed E-state index contributed by atoms with van der Waals surface area (Å²) in [4.78, 5) is 22.4. The number of thiophene rings is 1. The molecule has 0 saturated carbocycles. The van der Waals surface area contributed by atoms with E-state index in [9.17, 15) is 9.90 Å². The second kappa shape index (κ2) is 6.81. The van der Waals surface area contributed by atoms with E-state index < -0.39 is 5.97 Å². The number of aryl methyl sites for hydroxylation is 2. The number of nitrogens with one attached hydrogen (secondary N) is 1. The van der Waals surface area contributed by atoms with Crippen molar-refractivity contribution < 1.29 is 9.90 Å². The molecule has 0 saturated heterocycles. The standard InChI is InChI=1S/C21H17N3O2S/c1-12-7-9-14(10-8-12)17-13(2)27-20-18(17)19(22-11-23-20)24-16-6-4-3-5-15(16)21(25)26/h3-11H,1-2H3,(H,25,26)(H,22,23,24). The van der Waals surface area contributed by atoms with Crippen LogP contribution in [0.25, 0.3) is 21.3 Å². The number of carbonyl (C=O) groups is 1. The Bertz CT molecular complexity index is 1150. The minimum Gasteiger partial charge on any atom is -0.478 e. The van der Waals surface area contributed by atoms with E-state index in [2.05, 4.69) is 53.4 Å². The van der Waals surface area contributed by atoms with Gasteiger partial charge in [-0.3, -0.25) is 0 Å². The molecule has 4 rings (SSSR count). The van der Waals surface area contributed by atoms with Crippen LogP contribution in [0.1, 0.15) is 20.8 Å². The first-order chi connectivity index (χ1) is 13.0. The van der Waals surface area contributed by atoms with Crippen molar-refractivity contribution in [2.45, 2.75) is 13.8 Å². The molecule has 0 amide bonds. The molecule has 0 bridgehead atoms. The van der Waals surface area contributed by atoms with Crippen LogP contribution in [0.15, 0.2) is 54.9 Å². The smallest absolute Gasteiger partial charge is 0.337 e. The summed E-state index contributed by atoms with van der Waals surface area (Å²) >= 11 is 1.61. The quantitative estimate of drug-likeness (QED) is 0.498. The molecule has 2 heterocycles. The summed E-state index contributed by atoms with van der Waals surface area (Å²) in [6, 6.07) is 15.1. The summed E-state index contributed by atoms with van der Waals surface area (Å²) in [6.45, 7) is 4.12. The number of anilines is 2. The molecule has 0 unspecified atom stereocenters. The predicted octanol–water partition coefficient (Wildman–Crippen LogP) is 5.42. The van der Waals surface area contributed by atoms with E-state index >= 15 is 0 Å². The lowest BCUT2D eigenvalue weighted by atomic mass is 10.0. The van der Waals surface area contributed by atoms with Gasteiger partial charge < -0.3 is 10.4 Å². The number of aromatic nitrogens is 2. The molecule has 2 aromatic carbocycles. The normalized spacial score (nSPS) is 10.9. The van der Waals surface area contributed by atoms with E-state index in [-0.39, 0.29) is 5.56 Å². The summed E-state index contributed by atoms with van der Waals surface area (Å²) < 4.78 is 0. The average Bonchev–Trinajstić information content (AvgIpc) is 2.99. The van der Waals surface area contributed by atoms with Crippen LogP contribution in [-0.4, -0.2) is 21.0 Å². The van der Waals surface area contributed by atoms with E-state index in [1.54, 1.807) is 35.6 Å². The highest BCUT2D eigenvalue weighted by Crippen LogP contribution is 2.41.